The van der Waals surface area contributed by atoms with E-state index in [1.54, 1.807) is 0 Å². The van der Waals surface area contributed by atoms with Crippen LogP contribution in [0.2, 0.25) is 5.15 Å². The van der Waals surface area contributed by atoms with E-state index in [1.165, 1.54) is 0 Å². The fourth-order valence-corrected chi connectivity index (χ4v) is 1.38. The Morgan fingerprint density at radius 1 is 1.44 bits per heavy atom. The van der Waals surface area contributed by atoms with E-state index < -0.39 is 40.5 Å². The first-order valence-corrected chi connectivity index (χ1v) is 4.70. The van der Waals surface area contributed by atoms with Gasteiger partial charge in [0.1, 0.15) is 5.15 Å². The summed E-state index contributed by atoms with van der Waals surface area (Å²) in [5.74, 6) is -1.29. The number of esters is 1. The van der Waals surface area contributed by atoms with Gasteiger partial charge in [0.05, 0.1) is 18.2 Å². The molecule has 0 saturated carbocycles. The molecule has 0 aliphatic rings. The molecule has 0 aliphatic carbocycles. The third-order valence-electron chi connectivity index (χ3n) is 1.92. The molecule has 0 saturated heterocycles. The van der Waals surface area contributed by atoms with E-state index in [0.717, 1.165) is 7.11 Å². The van der Waals surface area contributed by atoms with Crippen molar-refractivity contribution >= 4 is 17.6 Å². The van der Waals surface area contributed by atoms with Crippen LogP contribution in [0.25, 0.3) is 0 Å². The van der Waals surface area contributed by atoms with Gasteiger partial charge in [0.2, 0.25) is 0 Å². The molecule has 1 aromatic rings. The van der Waals surface area contributed by atoms with Crippen LogP contribution in [0.1, 0.15) is 28.0 Å². The van der Waals surface area contributed by atoms with Crippen molar-refractivity contribution in [3.63, 3.8) is 0 Å². The molecule has 1 rings (SSSR count). The Labute approximate surface area is 103 Å². The number of ether oxygens (including phenoxy) is 1. The lowest BCUT2D eigenvalue weighted by Crippen LogP contribution is -2.14. The van der Waals surface area contributed by atoms with Gasteiger partial charge in [0, 0.05) is 0 Å². The Balaban J connectivity index is 3.49. The van der Waals surface area contributed by atoms with Crippen LogP contribution in [0.3, 0.4) is 0 Å². The molecular weight excluding hydrogens is 285 g/mol. The van der Waals surface area contributed by atoms with Gasteiger partial charge in [0.15, 0.2) is 5.69 Å². The Morgan fingerprint density at radius 3 is 2.39 bits per heavy atom. The van der Waals surface area contributed by atoms with Crippen molar-refractivity contribution in [3.8, 4) is 0 Å². The number of aromatic nitrogens is 1. The van der Waals surface area contributed by atoms with Gasteiger partial charge in [-0.15, -0.1) is 0 Å². The quantitative estimate of drug-likeness (QED) is 0.475. The number of pyridine rings is 1. The van der Waals surface area contributed by atoms with Gasteiger partial charge in [-0.3, -0.25) is 0 Å². The molecule has 0 unspecified atom stereocenters. The number of nitrogens with zero attached hydrogens (tertiary/aromatic N) is 1. The molecule has 3 nitrogen and oxygen atoms in total. The van der Waals surface area contributed by atoms with Gasteiger partial charge in [-0.05, 0) is 6.07 Å². The Bertz CT molecular complexity index is 475. The van der Waals surface area contributed by atoms with Crippen LogP contribution in [0.5, 0.6) is 0 Å². The zero-order valence-corrected chi connectivity index (χ0v) is 9.44. The lowest BCUT2D eigenvalue weighted by molar-refractivity contribution is -0.137. The fraction of sp³-hybridized carbons (Fsp3) is 0.333. The smallest absolute Gasteiger partial charge is 0.419 e. The van der Waals surface area contributed by atoms with Crippen LogP contribution in [0.4, 0.5) is 22.0 Å². The van der Waals surface area contributed by atoms with Gasteiger partial charge in [-0.2, -0.15) is 13.2 Å². The summed E-state index contributed by atoms with van der Waals surface area (Å²) in [6, 6.07) is 0.0895. The number of methoxy groups -OCH3 is 1. The summed E-state index contributed by atoms with van der Waals surface area (Å²) in [6.07, 6.45) is -8.26. The Hall–Kier alpha value is -1.44. The van der Waals surface area contributed by atoms with Crippen LogP contribution in [-0.2, 0) is 10.9 Å². The normalized spacial score (nSPS) is 11.8. The second kappa shape index (κ2) is 5.05. The highest BCUT2D eigenvalue weighted by Crippen LogP contribution is 2.37. The Morgan fingerprint density at radius 2 is 2.00 bits per heavy atom. The van der Waals surface area contributed by atoms with E-state index in [0.29, 0.717) is 0 Å². The number of carbonyl (C=O) groups is 1. The fourth-order valence-electron chi connectivity index (χ4n) is 1.13. The minimum absolute atomic E-state index is 0.0895. The van der Waals surface area contributed by atoms with Crippen molar-refractivity contribution in [2.75, 3.05) is 7.11 Å². The summed E-state index contributed by atoms with van der Waals surface area (Å²) in [7, 11) is 0.880. The molecule has 0 aliphatic heterocycles. The predicted octanol–water partition coefficient (Wildman–Crippen LogP) is 3.48. The highest BCUT2D eigenvalue weighted by molar-refractivity contribution is 6.30. The van der Waals surface area contributed by atoms with Crippen LogP contribution in [-0.4, -0.2) is 18.1 Å². The number of hydrogen-bond acceptors (Lipinski definition) is 3. The Kier molecular flexibility index (Phi) is 4.10. The SMILES string of the molecule is COC(=O)c1nc(Cl)c(C(F)(F)F)cc1C(F)F. The molecule has 18 heavy (non-hydrogen) atoms. The van der Waals surface area contributed by atoms with Crippen molar-refractivity contribution in [2.24, 2.45) is 0 Å². The summed E-state index contributed by atoms with van der Waals surface area (Å²) in [6.45, 7) is 0. The standard InChI is InChI=1S/C9H5ClF5NO2/c1-18-8(17)5-3(7(11)12)2-4(6(10)16-5)9(13,14)15/h2,7H,1H3. The van der Waals surface area contributed by atoms with Crippen LogP contribution in [0, 0.1) is 0 Å². The maximum atomic E-state index is 12.6. The number of hydrogen-bond donors (Lipinski definition) is 0. The van der Waals surface area contributed by atoms with E-state index >= 15 is 0 Å². The molecule has 0 bridgehead atoms. The lowest BCUT2D eigenvalue weighted by Gasteiger charge is -2.12. The molecule has 0 spiro atoms. The monoisotopic (exact) mass is 289 g/mol. The highest BCUT2D eigenvalue weighted by Gasteiger charge is 2.37. The van der Waals surface area contributed by atoms with Crippen molar-refractivity contribution in [3.05, 3.63) is 28.0 Å². The molecule has 0 amide bonds. The summed E-state index contributed by atoms with van der Waals surface area (Å²) in [5, 5.41) is -1.09. The average molecular weight is 290 g/mol. The van der Waals surface area contributed by atoms with E-state index in [2.05, 4.69) is 9.72 Å². The second-order valence-corrected chi connectivity index (χ2v) is 3.41. The van der Waals surface area contributed by atoms with Crippen molar-refractivity contribution < 1.29 is 31.5 Å². The molecule has 0 aromatic carbocycles. The second-order valence-electron chi connectivity index (χ2n) is 3.05. The van der Waals surface area contributed by atoms with Gasteiger partial charge in [0.25, 0.3) is 6.43 Å². The van der Waals surface area contributed by atoms with E-state index in [4.69, 9.17) is 11.6 Å². The molecule has 1 aromatic heterocycles. The summed E-state index contributed by atoms with van der Waals surface area (Å²) < 4.78 is 66.5. The molecule has 0 fully saturated rings. The van der Waals surface area contributed by atoms with Gasteiger partial charge in [-0.1, -0.05) is 11.6 Å². The first-order chi connectivity index (χ1) is 8.18. The van der Waals surface area contributed by atoms with E-state index in [9.17, 15) is 26.7 Å². The summed E-state index contributed by atoms with van der Waals surface area (Å²) in [4.78, 5) is 14.1. The van der Waals surface area contributed by atoms with Crippen LogP contribution >= 0.6 is 11.6 Å². The minimum atomic E-state index is -4.94. The number of alkyl halides is 5. The average Bonchev–Trinajstić information content (AvgIpc) is 2.25. The van der Waals surface area contributed by atoms with Gasteiger partial charge < -0.3 is 4.74 Å². The van der Waals surface area contributed by atoms with E-state index in [-0.39, 0.29) is 6.07 Å². The van der Waals surface area contributed by atoms with Gasteiger partial charge >= 0.3 is 12.1 Å². The van der Waals surface area contributed by atoms with Crippen molar-refractivity contribution in [1.82, 2.24) is 4.98 Å². The van der Waals surface area contributed by atoms with Crippen LogP contribution in [0.15, 0.2) is 6.07 Å². The predicted molar refractivity (Wildman–Crippen MR) is 50.5 cm³/mol. The summed E-state index contributed by atoms with van der Waals surface area (Å²) >= 11 is 5.21. The number of rotatable bonds is 2. The van der Waals surface area contributed by atoms with Crippen molar-refractivity contribution in [2.45, 2.75) is 12.6 Å². The highest BCUT2D eigenvalue weighted by atomic mass is 35.5. The molecule has 0 atom stereocenters. The molecule has 9 heteroatoms. The third kappa shape index (κ3) is 2.87. The zero-order valence-electron chi connectivity index (χ0n) is 8.69. The first-order valence-electron chi connectivity index (χ1n) is 4.32. The lowest BCUT2D eigenvalue weighted by atomic mass is 10.1. The topological polar surface area (TPSA) is 39.2 Å². The third-order valence-corrected chi connectivity index (χ3v) is 2.21. The molecule has 1 heterocycles. The minimum Gasteiger partial charge on any atom is -0.464 e. The van der Waals surface area contributed by atoms with Gasteiger partial charge in [-0.25, -0.2) is 18.6 Å². The first kappa shape index (κ1) is 14.6. The largest absolute Gasteiger partial charge is 0.464 e. The van der Waals surface area contributed by atoms with Crippen molar-refractivity contribution in [1.29, 1.82) is 0 Å². The zero-order chi connectivity index (χ0) is 14.1. The maximum Gasteiger partial charge on any atom is 0.419 e. The number of halogens is 6. The summed E-state index contributed by atoms with van der Waals surface area (Å²) in [5.41, 5.74) is -3.66. The molecular formula is C9H5ClF5NO2. The van der Waals surface area contributed by atoms with Crippen LogP contribution < -0.4 is 0 Å². The molecule has 0 radical (unpaired) electrons. The molecule has 100 valence electrons. The maximum absolute atomic E-state index is 12.6. The number of carbonyl (C=O) groups excluding carboxylic acids is 1. The van der Waals surface area contributed by atoms with E-state index in [1.807, 2.05) is 0 Å². The molecule has 0 N–H and O–H groups in total.